The maximum Gasteiger partial charge on any atom is 0.242 e. The summed E-state index contributed by atoms with van der Waals surface area (Å²) in [6, 6.07) is 4.57. The van der Waals surface area contributed by atoms with E-state index in [1.54, 1.807) is 12.1 Å². The molecule has 0 bridgehead atoms. The fourth-order valence-electron chi connectivity index (χ4n) is 2.26. The van der Waals surface area contributed by atoms with Gasteiger partial charge >= 0.3 is 0 Å². The Balaban J connectivity index is 2.20. The summed E-state index contributed by atoms with van der Waals surface area (Å²) in [6.45, 7) is 1.83. The Bertz CT molecular complexity index is 679. The number of nitrogens with one attached hydrogen (secondary N) is 1. The molecule has 0 aromatic heterocycles. The molecule has 5 nitrogen and oxygen atoms in total. The van der Waals surface area contributed by atoms with Crippen LogP contribution < -0.4 is 10.5 Å². The lowest BCUT2D eigenvalue weighted by molar-refractivity contribution is 0.407. The third kappa shape index (κ3) is 4.19. The summed E-state index contributed by atoms with van der Waals surface area (Å²) >= 11 is 6.08. The second kappa shape index (κ2) is 6.77. The summed E-state index contributed by atoms with van der Waals surface area (Å²) in [7, 11) is -1.65. The van der Waals surface area contributed by atoms with Crippen molar-refractivity contribution >= 4 is 21.6 Å². The first-order valence-corrected chi connectivity index (χ1v) is 8.48. The predicted molar refractivity (Wildman–Crippen MR) is 83.6 cm³/mol. The molecule has 1 aliphatic heterocycles. The van der Waals surface area contributed by atoms with E-state index in [2.05, 4.69) is 21.5 Å². The molecule has 1 aromatic carbocycles. The molecule has 1 unspecified atom stereocenters. The lowest BCUT2D eigenvalue weighted by Crippen LogP contribution is -2.36. The van der Waals surface area contributed by atoms with Crippen LogP contribution in [0.25, 0.3) is 0 Å². The molecule has 1 saturated heterocycles. The molecule has 0 radical (unpaired) electrons. The summed E-state index contributed by atoms with van der Waals surface area (Å²) in [4.78, 5) is 2.16. The second-order valence-corrected chi connectivity index (χ2v) is 7.11. The SMILES string of the molecule is CN1CCC(NS(=O)(=O)c2ccc(C#CCN)cc2Cl)C1. The van der Waals surface area contributed by atoms with Crippen molar-refractivity contribution in [2.45, 2.75) is 17.4 Å². The van der Waals surface area contributed by atoms with E-state index in [9.17, 15) is 8.42 Å². The van der Waals surface area contributed by atoms with Gasteiger partial charge in [-0.05, 0) is 38.2 Å². The van der Waals surface area contributed by atoms with Gasteiger partial charge in [-0.2, -0.15) is 0 Å². The van der Waals surface area contributed by atoms with Gasteiger partial charge in [0.15, 0.2) is 0 Å². The summed E-state index contributed by atoms with van der Waals surface area (Å²) in [5.74, 6) is 5.52. The van der Waals surface area contributed by atoms with Crippen molar-refractivity contribution in [2.24, 2.45) is 5.73 Å². The number of rotatable bonds is 3. The first-order chi connectivity index (χ1) is 9.92. The van der Waals surface area contributed by atoms with E-state index in [4.69, 9.17) is 17.3 Å². The Labute approximate surface area is 130 Å². The van der Waals surface area contributed by atoms with Gasteiger partial charge in [0.1, 0.15) is 4.90 Å². The molecule has 7 heteroatoms. The van der Waals surface area contributed by atoms with Gasteiger partial charge in [0.25, 0.3) is 0 Å². The first-order valence-electron chi connectivity index (χ1n) is 6.62. The summed E-state index contributed by atoms with van der Waals surface area (Å²) < 4.78 is 27.4. The zero-order valence-corrected chi connectivity index (χ0v) is 13.3. The number of nitrogens with zero attached hydrogens (tertiary/aromatic N) is 1. The molecule has 1 aromatic rings. The van der Waals surface area contributed by atoms with Gasteiger partial charge < -0.3 is 10.6 Å². The van der Waals surface area contributed by atoms with Crippen molar-refractivity contribution in [3.8, 4) is 11.8 Å². The number of likely N-dealkylation sites (tertiary alicyclic amines) is 1. The molecular formula is C14H18ClN3O2S. The highest BCUT2D eigenvalue weighted by atomic mass is 35.5. The minimum Gasteiger partial charge on any atom is -0.320 e. The fourth-order valence-corrected chi connectivity index (χ4v) is 4.07. The van der Waals surface area contributed by atoms with Crippen molar-refractivity contribution in [1.82, 2.24) is 9.62 Å². The summed E-state index contributed by atoms with van der Waals surface area (Å²) in [5.41, 5.74) is 5.94. The summed E-state index contributed by atoms with van der Waals surface area (Å²) in [6.07, 6.45) is 0.799. The topological polar surface area (TPSA) is 75.4 Å². The number of benzene rings is 1. The zero-order chi connectivity index (χ0) is 15.5. The quantitative estimate of drug-likeness (QED) is 0.799. The number of hydrogen-bond acceptors (Lipinski definition) is 4. The largest absolute Gasteiger partial charge is 0.320 e. The maximum atomic E-state index is 12.4. The predicted octanol–water partition coefficient (Wildman–Crippen LogP) is 0.633. The molecule has 2 rings (SSSR count). The van der Waals surface area contributed by atoms with Crippen molar-refractivity contribution in [3.05, 3.63) is 28.8 Å². The highest BCUT2D eigenvalue weighted by molar-refractivity contribution is 7.89. The van der Waals surface area contributed by atoms with E-state index in [1.165, 1.54) is 6.07 Å². The van der Waals surface area contributed by atoms with Gasteiger partial charge in [-0.25, -0.2) is 13.1 Å². The van der Waals surface area contributed by atoms with Gasteiger partial charge in [0.05, 0.1) is 11.6 Å². The number of likely N-dealkylation sites (N-methyl/N-ethyl adjacent to an activating group) is 1. The van der Waals surface area contributed by atoms with Crippen LogP contribution in [0, 0.1) is 11.8 Å². The normalized spacial score (nSPS) is 19.3. The molecule has 0 spiro atoms. The number of sulfonamides is 1. The van der Waals surface area contributed by atoms with Gasteiger partial charge in [-0.15, -0.1) is 0 Å². The third-order valence-corrected chi connectivity index (χ3v) is 5.27. The highest BCUT2D eigenvalue weighted by Crippen LogP contribution is 2.23. The van der Waals surface area contributed by atoms with Crippen molar-refractivity contribution in [2.75, 3.05) is 26.7 Å². The molecule has 1 aliphatic rings. The summed E-state index contributed by atoms with van der Waals surface area (Å²) in [5, 5.41) is 0.165. The Morgan fingerprint density at radius 1 is 1.52 bits per heavy atom. The van der Waals surface area contributed by atoms with Gasteiger partial charge in [-0.3, -0.25) is 0 Å². The van der Waals surface area contributed by atoms with Crippen LogP contribution in [-0.2, 0) is 10.0 Å². The minimum absolute atomic E-state index is 0.0761. The standard InChI is InChI=1S/C14H18ClN3O2S/c1-18-8-6-12(10-18)17-21(19,20)14-5-4-11(3-2-7-16)9-13(14)15/h4-5,9,12,17H,6-8,10,16H2,1H3. The molecule has 0 amide bonds. The second-order valence-electron chi connectivity index (χ2n) is 5.02. The first kappa shape index (κ1) is 16.3. The van der Waals surface area contributed by atoms with Crippen LogP contribution >= 0.6 is 11.6 Å². The lowest BCUT2D eigenvalue weighted by atomic mass is 10.2. The van der Waals surface area contributed by atoms with E-state index < -0.39 is 10.0 Å². The molecule has 0 aliphatic carbocycles. The van der Waals surface area contributed by atoms with Crippen LogP contribution in [0.5, 0.6) is 0 Å². The van der Waals surface area contributed by atoms with E-state index in [1.807, 2.05) is 7.05 Å². The molecule has 1 atom stereocenters. The van der Waals surface area contributed by atoms with Crippen LogP contribution in [0.2, 0.25) is 5.02 Å². The highest BCUT2D eigenvalue weighted by Gasteiger charge is 2.26. The van der Waals surface area contributed by atoms with E-state index in [-0.39, 0.29) is 22.5 Å². The Morgan fingerprint density at radius 3 is 2.86 bits per heavy atom. The average Bonchev–Trinajstić information content (AvgIpc) is 2.80. The van der Waals surface area contributed by atoms with E-state index in [0.29, 0.717) is 12.1 Å². The van der Waals surface area contributed by atoms with Crippen LogP contribution in [-0.4, -0.2) is 46.0 Å². The molecule has 0 saturated carbocycles. The Hall–Kier alpha value is -1.10. The van der Waals surface area contributed by atoms with Crippen LogP contribution in [0.4, 0.5) is 0 Å². The number of halogens is 1. The Morgan fingerprint density at radius 2 is 2.29 bits per heavy atom. The van der Waals surface area contributed by atoms with Crippen molar-refractivity contribution in [1.29, 1.82) is 0 Å². The van der Waals surface area contributed by atoms with Crippen LogP contribution in [0.15, 0.2) is 23.1 Å². The van der Waals surface area contributed by atoms with Gasteiger partial charge in [0, 0.05) is 18.2 Å². The van der Waals surface area contributed by atoms with Gasteiger partial charge in [-0.1, -0.05) is 23.4 Å². The number of nitrogens with two attached hydrogens (primary N) is 1. The fraction of sp³-hybridized carbons (Fsp3) is 0.429. The van der Waals surface area contributed by atoms with E-state index >= 15 is 0 Å². The number of hydrogen-bond donors (Lipinski definition) is 2. The Kier molecular flexibility index (Phi) is 5.25. The average molecular weight is 328 g/mol. The van der Waals surface area contributed by atoms with Crippen molar-refractivity contribution in [3.63, 3.8) is 0 Å². The maximum absolute atomic E-state index is 12.4. The molecule has 3 N–H and O–H groups in total. The lowest BCUT2D eigenvalue weighted by Gasteiger charge is -2.14. The van der Waals surface area contributed by atoms with E-state index in [0.717, 1.165) is 13.0 Å². The van der Waals surface area contributed by atoms with Crippen LogP contribution in [0.3, 0.4) is 0 Å². The zero-order valence-electron chi connectivity index (χ0n) is 11.8. The smallest absolute Gasteiger partial charge is 0.242 e. The third-order valence-electron chi connectivity index (χ3n) is 3.27. The monoisotopic (exact) mass is 327 g/mol. The van der Waals surface area contributed by atoms with Gasteiger partial charge in [0.2, 0.25) is 10.0 Å². The molecule has 114 valence electrons. The molecule has 1 heterocycles. The van der Waals surface area contributed by atoms with Crippen molar-refractivity contribution < 1.29 is 8.42 Å². The minimum atomic E-state index is -3.62. The molecule has 21 heavy (non-hydrogen) atoms. The molecule has 1 fully saturated rings. The van der Waals surface area contributed by atoms with Crippen LogP contribution in [0.1, 0.15) is 12.0 Å². The molecular weight excluding hydrogens is 310 g/mol.